The molecule has 0 aromatic heterocycles. The number of likely N-dealkylation sites (tertiary alicyclic amines) is 1. The first-order valence-electron chi connectivity index (χ1n) is 21.7. The fourth-order valence-corrected chi connectivity index (χ4v) is 9.70. The van der Waals surface area contributed by atoms with Crippen LogP contribution in [0.2, 0.25) is 0 Å². The van der Waals surface area contributed by atoms with Crippen LogP contribution >= 0.6 is 0 Å². The number of likely N-dealkylation sites (N-methyl/N-ethyl adjacent to an activating group) is 1. The summed E-state index contributed by atoms with van der Waals surface area (Å²) < 4.78 is 25.8. The summed E-state index contributed by atoms with van der Waals surface area (Å²) in [6, 6.07) is 23.5. The molecule has 8 atom stereocenters. The lowest BCUT2D eigenvalue weighted by Gasteiger charge is -2.50. The predicted octanol–water partition coefficient (Wildman–Crippen LogP) is 3.86. The maximum absolute atomic E-state index is 15.7. The number of hydroxylamine groups is 2. The standard InChI is InChI=1S/C48H56N4O11/c1-46(2,3)60-38(55)24-22-34(29-53)49-43(56)35-20-13-25-51(35)45(58)47-27-36-39-40(62-48(61-39,32-16-8-6-9-17-32)33-18-10-7-11-19-33)42(47)63-52(41(47)44(57)59-36)28-31-15-12-14-30(26-31)21-23-37(54)50(4)5/h6-12,14-19,21,23,26,34-36,39-42,53H,13,20,22,24-25,27-29H2,1-5H3,(H,49,56). The number of rotatable bonds is 13. The summed E-state index contributed by atoms with van der Waals surface area (Å²) in [6.07, 6.45) is 0.495. The van der Waals surface area contributed by atoms with E-state index in [0.717, 1.165) is 11.1 Å². The molecule has 0 spiro atoms. The number of hydrogen-bond acceptors (Lipinski definition) is 12. The van der Waals surface area contributed by atoms with Crippen molar-refractivity contribution >= 4 is 35.7 Å². The van der Waals surface area contributed by atoms with E-state index in [-0.39, 0.29) is 38.3 Å². The van der Waals surface area contributed by atoms with E-state index in [1.165, 1.54) is 20.9 Å². The lowest BCUT2D eigenvalue weighted by atomic mass is 9.62. The maximum atomic E-state index is 15.7. The number of esters is 2. The second kappa shape index (κ2) is 17.6. The summed E-state index contributed by atoms with van der Waals surface area (Å²) in [5, 5.41) is 14.6. The molecule has 5 aliphatic rings. The molecular weight excluding hydrogens is 809 g/mol. The number of aliphatic hydroxyl groups is 1. The Bertz CT molecular complexity index is 2190. The number of nitrogens with one attached hydrogen (secondary N) is 1. The van der Waals surface area contributed by atoms with Crippen LogP contribution in [0.25, 0.3) is 6.08 Å². The van der Waals surface area contributed by atoms with Crippen LogP contribution < -0.4 is 5.32 Å². The molecule has 15 heteroatoms. The number of benzene rings is 3. The molecule has 3 amide bonds. The van der Waals surface area contributed by atoms with Gasteiger partial charge in [-0.1, -0.05) is 84.9 Å². The number of amides is 3. The van der Waals surface area contributed by atoms with Crippen LogP contribution in [0.1, 0.15) is 75.1 Å². The van der Waals surface area contributed by atoms with Gasteiger partial charge in [-0.25, -0.2) is 0 Å². The van der Waals surface area contributed by atoms with E-state index in [9.17, 15) is 24.3 Å². The predicted molar refractivity (Wildman–Crippen MR) is 228 cm³/mol. The van der Waals surface area contributed by atoms with Gasteiger partial charge in [0.15, 0.2) is 6.04 Å². The minimum absolute atomic E-state index is 0.0231. The lowest BCUT2D eigenvalue weighted by molar-refractivity contribution is -0.214. The van der Waals surface area contributed by atoms with Crippen LogP contribution in [0.4, 0.5) is 0 Å². The fourth-order valence-electron chi connectivity index (χ4n) is 9.70. The van der Waals surface area contributed by atoms with Crippen molar-refractivity contribution in [1.29, 1.82) is 0 Å². The molecule has 0 radical (unpaired) electrons. The summed E-state index contributed by atoms with van der Waals surface area (Å²) in [5.41, 5.74) is 0.650. The second-order valence-electron chi connectivity index (χ2n) is 18.2. The number of fused-ring (bicyclic) bond motifs is 4. The Kier molecular flexibility index (Phi) is 12.3. The van der Waals surface area contributed by atoms with Crippen LogP contribution in [-0.2, 0) is 60.1 Å². The Morgan fingerprint density at radius 1 is 0.968 bits per heavy atom. The first-order valence-corrected chi connectivity index (χ1v) is 21.7. The summed E-state index contributed by atoms with van der Waals surface area (Å²) in [7, 11) is 3.34. The first-order chi connectivity index (χ1) is 30.1. The molecule has 5 fully saturated rings. The van der Waals surface area contributed by atoms with Crippen molar-refractivity contribution < 1.29 is 52.9 Å². The van der Waals surface area contributed by atoms with Crippen LogP contribution in [0, 0.1) is 5.41 Å². The Balaban J connectivity index is 1.14. The van der Waals surface area contributed by atoms with Gasteiger partial charge < -0.3 is 39.2 Å². The van der Waals surface area contributed by atoms with E-state index >= 15 is 4.79 Å². The average molecular weight is 865 g/mol. The zero-order valence-corrected chi connectivity index (χ0v) is 36.3. The summed E-state index contributed by atoms with van der Waals surface area (Å²) in [6.45, 7) is 5.18. The minimum Gasteiger partial charge on any atom is -0.460 e. The van der Waals surface area contributed by atoms with Crippen molar-refractivity contribution in [3.05, 3.63) is 113 Å². The van der Waals surface area contributed by atoms with Crippen molar-refractivity contribution in [2.24, 2.45) is 5.41 Å². The molecule has 3 aromatic rings. The maximum Gasteiger partial charge on any atom is 0.327 e. The number of nitrogens with zero attached hydrogens (tertiary/aromatic N) is 3. The van der Waals surface area contributed by atoms with E-state index in [1.807, 2.05) is 84.9 Å². The second-order valence-corrected chi connectivity index (χ2v) is 18.2. The van der Waals surface area contributed by atoms with Gasteiger partial charge >= 0.3 is 11.9 Å². The van der Waals surface area contributed by atoms with Gasteiger partial charge in [0.25, 0.3) is 0 Å². The van der Waals surface area contributed by atoms with Crippen molar-refractivity contribution in [2.45, 2.75) is 113 Å². The van der Waals surface area contributed by atoms with E-state index in [1.54, 1.807) is 40.9 Å². The summed E-state index contributed by atoms with van der Waals surface area (Å²) in [4.78, 5) is 79.1. The van der Waals surface area contributed by atoms with E-state index in [0.29, 0.717) is 24.0 Å². The molecule has 4 heterocycles. The zero-order valence-electron chi connectivity index (χ0n) is 36.3. The first kappa shape index (κ1) is 44.2. The fraction of sp³-hybridized carbons (Fsp3) is 0.479. The monoisotopic (exact) mass is 864 g/mol. The van der Waals surface area contributed by atoms with Crippen molar-refractivity contribution in [2.75, 3.05) is 27.2 Å². The molecule has 1 aliphatic carbocycles. The van der Waals surface area contributed by atoms with Gasteiger partial charge in [-0.05, 0) is 57.2 Å². The molecule has 8 rings (SSSR count). The normalized spacial score (nSPS) is 27.7. The summed E-state index contributed by atoms with van der Waals surface area (Å²) in [5.74, 6) is -3.64. The van der Waals surface area contributed by atoms with Gasteiger partial charge in [-0.2, -0.15) is 5.06 Å². The number of hydrogen-bond donors (Lipinski definition) is 2. The molecule has 334 valence electrons. The third-order valence-corrected chi connectivity index (χ3v) is 12.5. The number of ether oxygens (including phenoxy) is 4. The molecule has 4 aliphatic heterocycles. The molecule has 1 saturated carbocycles. The SMILES string of the molecule is CN(C)C(=O)C=Cc1cccc(CN2OC3C4OC(c5ccccc5)(c5ccccc5)OC4C4CC3(C(=O)N3CCCC3C(=O)NC(CO)CCC(=O)OC(C)(C)C)C2C(=O)O4)c1. The molecular formula is C48H56N4O11. The smallest absolute Gasteiger partial charge is 0.327 e. The Hall–Kier alpha value is -5.45. The largest absolute Gasteiger partial charge is 0.460 e. The number of aliphatic hydroxyl groups excluding tert-OH is 1. The lowest BCUT2D eigenvalue weighted by Crippen LogP contribution is -2.70. The van der Waals surface area contributed by atoms with Crippen LogP contribution in [-0.4, -0.2) is 125 Å². The van der Waals surface area contributed by atoms with Gasteiger partial charge in [0.2, 0.25) is 23.5 Å². The molecule has 4 saturated heterocycles. The van der Waals surface area contributed by atoms with E-state index in [4.69, 9.17) is 23.8 Å². The third kappa shape index (κ3) is 8.52. The molecule has 15 nitrogen and oxygen atoms in total. The van der Waals surface area contributed by atoms with Gasteiger partial charge in [0.05, 0.1) is 19.2 Å². The Morgan fingerprint density at radius 2 is 1.65 bits per heavy atom. The highest BCUT2D eigenvalue weighted by Gasteiger charge is 2.77. The van der Waals surface area contributed by atoms with Gasteiger partial charge in [-0.3, -0.25) is 28.8 Å². The minimum atomic E-state index is -1.57. The highest BCUT2D eigenvalue weighted by atomic mass is 16.8. The highest BCUT2D eigenvalue weighted by Crippen LogP contribution is 2.60. The molecule has 8 unspecified atom stereocenters. The molecule has 3 aromatic carbocycles. The summed E-state index contributed by atoms with van der Waals surface area (Å²) >= 11 is 0. The Morgan fingerprint density at radius 3 is 2.30 bits per heavy atom. The van der Waals surface area contributed by atoms with Gasteiger partial charge in [0.1, 0.15) is 41.5 Å². The Labute approximate surface area is 367 Å². The average Bonchev–Trinajstić information content (AvgIpc) is 4.01. The van der Waals surface area contributed by atoms with E-state index < -0.39 is 89.7 Å². The van der Waals surface area contributed by atoms with E-state index in [2.05, 4.69) is 5.32 Å². The molecule has 63 heavy (non-hydrogen) atoms. The van der Waals surface area contributed by atoms with Gasteiger partial charge in [0, 0.05) is 50.7 Å². The van der Waals surface area contributed by atoms with Crippen molar-refractivity contribution in [3.8, 4) is 0 Å². The third-order valence-electron chi connectivity index (χ3n) is 12.5. The van der Waals surface area contributed by atoms with Gasteiger partial charge in [-0.15, -0.1) is 0 Å². The van der Waals surface area contributed by atoms with Crippen molar-refractivity contribution in [1.82, 2.24) is 20.2 Å². The molecule has 2 N–H and O–H groups in total. The highest BCUT2D eigenvalue weighted by molar-refractivity contribution is 5.97. The number of carbonyl (C=O) groups is 5. The number of carbonyl (C=O) groups excluding carboxylic acids is 5. The topological polar surface area (TPSA) is 173 Å². The zero-order chi connectivity index (χ0) is 44.7. The van der Waals surface area contributed by atoms with Crippen molar-refractivity contribution in [3.63, 3.8) is 0 Å². The van der Waals surface area contributed by atoms with Crippen LogP contribution in [0.5, 0.6) is 0 Å². The van der Waals surface area contributed by atoms with Crippen LogP contribution in [0.15, 0.2) is 91.0 Å². The van der Waals surface area contributed by atoms with Crippen LogP contribution in [0.3, 0.4) is 0 Å². The quantitative estimate of drug-likeness (QED) is 0.188. The molecule has 2 bridgehead atoms.